The molecule has 1 fully saturated rings. The number of ether oxygens (including phenoxy) is 2. The van der Waals surface area contributed by atoms with Gasteiger partial charge in [-0.3, -0.25) is 0 Å². The maximum Gasteiger partial charge on any atom is 0.250 e. The van der Waals surface area contributed by atoms with Gasteiger partial charge in [0.2, 0.25) is 17.8 Å². The topological polar surface area (TPSA) is 117 Å². The van der Waals surface area contributed by atoms with Crippen molar-refractivity contribution in [2.24, 2.45) is 5.10 Å². The molecule has 3 N–H and O–H groups in total. The summed E-state index contributed by atoms with van der Waals surface area (Å²) in [6.45, 7) is 2.43. The number of hydrogen-bond acceptors (Lipinski definition) is 10. The molecular formula is C21H21BrFN7O3. The molecule has 1 saturated heterocycles. The van der Waals surface area contributed by atoms with E-state index in [1.165, 1.54) is 25.5 Å². The number of morpholine rings is 1. The van der Waals surface area contributed by atoms with Crippen molar-refractivity contribution in [1.82, 2.24) is 15.0 Å². The van der Waals surface area contributed by atoms with E-state index in [0.717, 1.165) is 0 Å². The first kappa shape index (κ1) is 22.7. The summed E-state index contributed by atoms with van der Waals surface area (Å²) in [5.74, 6) is 0.948. The third kappa shape index (κ3) is 5.84. The van der Waals surface area contributed by atoms with Gasteiger partial charge in [-0.2, -0.15) is 20.1 Å². The lowest BCUT2D eigenvalue weighted by Gasteiger charge is -2.27. The second kappa shape index (κ2) is 10.4. The zero-order valence-electron chi connectivity index (χ0n) is 17.6. The van der Waals surface area contributed by atoms with Gasteiger partial charge in [0.1, 0.15) is 5.82 Å². The van der Waals surface area contributed by atoms with Crippen LogP contribution in [0.25, 0.3) is 0 Å². The summed E-state index contributed by atoms with van der Waals surface area (Å²) < 4.78 is 24.3. The third-order valence-corrected chi connectivity index (χ3v) is 5.27. The Morgan fingerprint density at radius 3 is 2.61 bits per heavy atom. The van der Waals surface area contributed by atoms with Gasteiger partial charge in [0.05, 0.1) is 31.0 Å². The normalized spacial score (nSPS) is 13.8. The molecule has 1 aliphatic heterocycles. The molecule has 0 saturated carbocycles. The summed E-state index contributed by atoms with van der Waals surface area (Å²) in [6, 6.07) is 9.21. The number of hydrazone groups is 1. The van der Waals surface area contributed by atoms with Gasteiger partial charge in [-0.15, -0.1) is 0 Å². The number of benzene rings is 2. The molecule has 0 radical (unpaired) electrons. The summed E-state index contributed by atoms with van der Waals surface area (Å²) in [5, 5.41) is 17.2. The van der Waals surface area contributed by atoms with Gasteiger partial charge in [0.15, 0.2) is 11.5 Å². The predicted molar refractivity (Wildman–Crippen MR) is 126 cm³/mol. The van der Waals surface area contributed by atoms with Crippen molar-refractivity contribution >= 4 is 45.7 Å². The predicted octanol–water partition coefficient (Wildman–Crippen LogP) is 3.51. The molecule has 4 rings (SSSR count). The molecule has 10 nitrogen and oxygen atoms in total. The molecule has 0 aliphatic carbocycles. The number of aromatic nitrogens is 3. The highest BCUT2D eigenvalue weighted by Crippen LogP contribution is 2.34. The van der Waals surface area contributed by atoms with E-state index in [-0.39, 0.29) is 23.5 Å². The second-order valence-electron chi connectivity index (χ2n) is 6.94. The van der Waals surface area contributed by atoms with Crippen LogP contribution in [-0.4, -0.2) is 59.7 Å². The van der Waals surface area contributed by atoms with Gasteiger partial charge in [-0.1, -0.05) is 0 Å². The van der Waals surface area contributed by atoms with Crippen LogP contribution in [0.1, 0.15) is 5.56 Å². The van der Waals surface area contributed by atoms with Crippen LogP contribution in [0.2, 0.25) is 0 Å². The Hall–Kier alpha value is -3.51. The number of nitrogens with one attached hydrogen (secondary N) is 2. The lowest BCUT2D eigenvalue weighted by molar-refractivity contribution is 0.122. The molecule has 2 heterocycles. The molecule has 0 atom stereocenters. The Labute approximate surface area is 197 Å². The van der Waals surface area contributed by atoms with Crippen LogP contribution in [0.15, 0.2) is 46.0 Å². The first-order chi connectivity index (χ1) is 16.0. The van der Waals surface area contributed by atoms with Crippen molar-refractivity contribution in [2.75, 3.05) is 49.1 Å². The van der Waals surface area contributed by atoms with Gasteiger partial charge in [0.25, 0.3) is 0 Å². The quantitative estimate of drug-likeness (QED) is 0.319. The van der Waals surface area contributed by atoms with E-state index in [1.54, 1.807) is 24.3 Å². The Balaban J connectivity index is 1.57. The Morgan fingerprint density at radius 1 is 1.15 bits per heavy atom. The molecule has 1 aliphatic rings. The Kier molecular flexibility index (Phi) is 7.15. The first-order valence-corrected chi connectivity index (χ1v) is 10.8. The van der Waals surface area contributed by atoms with Gasteiger partial charge in [-0.05, 0) is 57.9 Å². The van der Waals surface area contributed by atoms with Crippen molar-refractivity contribution in [2.45, 2.75) is 0 Å². The van der Waals surface area contributed by atoms with E-state index in [0.29, 0.717) is 53.7 Å². The van der Waals surface area contributed by atoms with Gasteiger partial charge >= 0.3 is 0 Å². The zero-order valence-corrected chi connectivity index (χ0v) is 19.2. The first-order valence-electron chi connectivity index (χ1n) is 9.99. The minimum absolute atomic E-state index is 0.00624. The number of phenols is 1. The molecular weight excluding hydrogens is 497 g/mol. The molecule has 0 spiro atoms. The Morgan fingerprint density at radius 2 is 1.88 bits per heavy atom. The van der Waals surface area contributed by atoms with Crippen LogP contribution in [0.3, 0.4) is 0 Å². The fraction of sp³-hybridized carbons (Fsp3) is 0.238. The number of nitrogens with zero attached hydrogens (tertiary/aromatic N) is 5. The van der Waals surface area contributed by atoms with E-state index < -0.39 is 0 Å². The fourth-order valence-electron chi connectivity index (χ4n) is 3.03. The van der Waals surface area contributed by atoms with E-state index in [4.69, 9.17) is 9.47 Å². The SMILES string of the molecule is COc1cc(/C=N/Nc2nc(Nc3ccc(F)cc3)nc(N3CCOCC3)n2)cc(Br)c1O. The summed E-state index contributed by atoms with van der Waals surface area (Å²) >= 11 is 3.28. The smallest absolute Gasteiger partial charge is 0.250 e. The van der Waals surface area contributed by atoms with E-state index in [2.05, 4.69) is 46.7 Å². The maximum absolute atomic E-state index is 13.2. The van der Waals surface area contributed by atoms with Crippen molar-refractivity contribution in [3.8, 4) is 11.5 Å². The lowest BCUT2D eigenvalue weighted by Crippen LogP contribution is -2.37. The van der Waals surface area contributed by atoms with Crippen LogP contribution in [0.4, 0.5) is 27.9 Å². The van der Waals surface area contributed by atoms with Crippen LogP contribution in [0.5, 0.6) is 11.5 Å². The van der Waals surface area contributed by atoms with Gasteiger partial charge < -0.3 is 24.8 Å². The van der Waals surface area contributed by atoms with Crippen LogP contribution in [0, 0.1) is 5.82 Å². The summed E-state index contributed by atoms with van der Waals surface area (Å²) in [4.78, 5) is 15.3. The number of aromatic hydroxyl groups is 1. The summed E-state index contributed by atoms with van der Waals surface area (Å²) in [7, 11) is 1.47. The number of rotatable bonds is 7. The minimum atomic E-state index is -0.334. The number of halogens is 2. The molecule has 0 bridgehead atoms. The van der Waals surface area contributed by atoms with Crippen LogP contribution in [-0.2, 0) is 4.74 Å². The minimum Gasteiger partial charge on any atom is -0.503 e. The van der Waals surface area contributed by atoms with Crippen molar-refractivity contribution in [1.29, 1.82) is 0 Å². The van der Waals surface area contributed by atoms with E-state index in [1.807, 2.05) is 4.90 Å². The molecule has 12 heteroatoms. The zero-order chi connectivity index (χ0) is 23.2. The van der Waals surface area contributed by atoms with E-state index >= 15 is 0 Å². The fourth-order valence-corrected chi connectivity index (χ4v) is 3.49. The highest BCUT2D eigenvalue weighted by atomic mass is 79.9. The third-order valence-electron chi connectivity index (χ3n) is 4.67. The van der Waals surface area contributed by atoms with Crippen molar-refractivity contribution < 1.29 is 19.0 Å². The summed E-state index contributed by atoms with van der Waals surface area (Å²) in [5.41, 5.74) is 4.12. The van der Waals surface area contributed by atoms with Gasteiger partial charge in [-0.25, -0.2) is 9.82 Å². The molecule has 3 aromatic rings. The number of methoxy groups -OCH3 is 1. The second-order valence-corrected chi connectivity index (χ2v) is 7.79. The summed E-state index contributed by atoms with van der Waals surface area (Å²) in [6.07, 6.45) is 1.54. The molecule has 172 valence electrons. The number of anilines is 4. The number of phenolic OH excluding ortho intramolecular Hbond substituents is 1. The molecule has 0 unspecified atom stereocenters. The van der Waals surface area contributed by atoms with Crippen LogP contribution >= 0.6 is 15.9 Å². The molecule has 1 aromatic heterocycles. The van der Waals surface area contributed by atoms with Crippen molar-refractivity contribution in [3.63, 3.8) is 0 Å². The largest absolute Gasteiger partial charge is 0.503 e. The average Bonchev–Trinajstić information content (AvgIpc) is 2.83. The standard InChI is InChI=1S/C21H21BrFN7O3/c1-32-17-11-13(10-16(22)18(17)31)12-24-29-20-26-19(25-15-4-2-14(23)3-5-15)27-21(28-20)30-6-8-33-9-7-30/h2-5,10-12,31H,6-9H2,1H3,(H2,25,26,27,28,29)/b24-12+. The molecule has 0 amide bonds. The maximum atomic E-state index is 13.2. The Bertz CT molecular complexity index is 1140. The molecule has 2 aromatic carbocycles. The van der Waals surface area contributed by atoms with Crippen LogP contribution < -0.4 is 20.4 Å². The lowest BCUT2D eigenvalue weighted by atomic mass is 10.2. The average molecular weight is 518 g/mol. The number of hydrogen-bond donors (Lipinski definition) is 3. The van der Waals surface area contributed by atoms with Gasteiger partial charge in [0, 0.05) is 18.8 Å². The monoisotopic (exact) mass is 517 g/mol. The highest BCUT2D eigenvalue weighted by molar-refractivity contribution is 9.10. The van der Waals surface area contributed by atoms with E-state index in [9.17, 15) is 9.50 Å². The highest BCUT2D eigenvalue weighted by Gasteiger charge is 2.17. The van der Waals surface area contributed by atoms with Crippen molar-refractivity contribution in [3.05, 3.63) is 52.3 Å². The molecule has 33 heavy (non-hydrogen) atoms.